The number of hydrogen-bond donors (Lipinski definition) is 2. The van der Waals surface area contributed by atoms with Crippen molar-refractivity contribution >= 4 is 17.7 Å². The molecule has 0 aliphatic carbocycles. The normalized spacial score (nSPS) is 13.0. The van der Waals surface area contributed by atoms with Crippen LogP contribution in [0.25, 0.3) is 0 Å². The maximum absolute atomic E-state index is 11.5. The highest BCUT2D eigenvalue weighted by Gasteiger charge is 2.26. The van der Waals surface area contributed by atoms with Gasteiger partial charge < -0.3 is 11.1 Å². The standard InChI is InChI=1S/C11H20N2OS/c1-5-7-15-8-6-13-10(14)9(12)11(2,3)4/h1,9H,6-8,12H2,2-4H3,(H,13,14). The van der Waals surface area contributed by atoms with Crippen LogP contribution in [0.15, 0.2) is 0 Å². The zero-order valence-electron chi connectivity index (χ0n) is 9.67. The fourth-order valence-corrected chi connectivity index (χ4v) is 1.39. The molecule has 0 saturated heterocycles. The molecule has 15 heavy (non-hydrogen) atoms. The summed E-state index contributed by atoms with van der Waals surface area (Å²) in [6.07, 6.45) is 5.10. The average molecular weight is 228 g/mol. The Morgan fingerprint density at radius 2 is 2.20 bits per heavy atom. The van der Waals surface area contributed by atoms with Gasteiger partial charge in [0.15, 0.2) is 0 Å². The highest BCUT2D eigenvalue weighted by molar-refractivity contribution is 7.99. The molecular formula is C11H20N2OS. The van der Waals surface area contributed by atoms with Gasteiger partial charge in [0.25, 0.3) is 0 Å². The van der Waals surface area contributed by atoms with Gasteiger partial charge in [-0.1, -0.05) is 26.7 Å². The SMILES string of the molecule is C#CCSCCNC(=O)C(N)C(C)(C)C. The topological polar surface area (TPSA) is 55.1 Å². The summed E-state index contributed by atoms with van der Waals surface area (Å²) in [4.78, 5) is 11.5. The molecule has 0 heterocycles. The van der Waals surface area contributed by atoms with E-state index in [0.717, 1.165) is 5.75 Å². The Kier molecular flexibility index (Phi) is 6.46. The minimum atomic E-state index is -0.463. The minimum absolute atomic E-state index is 0.0937. The molecule has 0 aromatic rings. The summed E-state index contributed by atoms with van der Waals surface area (Å²) in [7, 11) is 0. The van der Waals surface area contributed by atoms with Crippen molar-refractivity contribution in [3.05, 3.63) is 0 Å². The molecule has 0 aliphatic heterocycles. The van der Waals surface area contributed by atoms with Crippen LogP contribution in [-0.4, -0.2) is 30.0 Å². The van der Waals surface area contributed by atoms with E-state index in [-0.39, 0.29) is 11.3 Å². The Morgan fingerprint density at radius 1 is 1.60 bits per heavy atom. The molecule has 0 radical (unpaired) electrons. The highest BCUT2D eigenvalue weighted by Crippen LogP contribution is 2.16. The largest absolute Gasteiger partial charge is 0.354 e. The second-order valence-electron chi connectivity index (χ2n) is 4.39. The molecule has 1 atom stereocenters. The van der Waals surface area contributed by atoms with Crippen molar-refractivity contribution in [1.82, 2.24) is 5.32 Å². The first-order chi connectivity index (χ1) is 6.89. The monoisotopic (exact) mass is 228 g/mol. The second-order valence-corrected chi connectivity index (χ2v) is 5.50. The van der Waals surface area contributed by atoms with Crippen molar-refractivity contribution < 1.29 is 4.79 Å². The Balaban J connectivity index is 3.71. The fourth-order valence-electron chi connectivity index (χ4n) is 0.881. The lowest BCUT2D eigenvalue weighted by Gasteiger charge is -2.25. The number of nitrogens with two attached hydrogens (primary N) is 1. The third-order valence-electron chi connectivity index (χ3n) is 1.95. The average Bonchev–Trinajstić information content (AvgIpc) is 2.14. The maximum atomic E-state index is 11.5. The number of amides is 1. The first-order valence-electron chi connectivity index (χ1n) is 4.94. The number of carbonyl (C=O) groups is 1. The van der Waals surface area contributed by atoms with E-state index in [4.69, 9.17) is 12.2 Å². The Labute approximate surface area is 96.6 Å². The summed E-state index contributed by atoms with van der Waals surface area (Å²) in [5, 5.41) is 2.79. The van der Waals surface area contributed by atoms with Crippen molar-refractivity contribution in [3.8, 4) is 12.3 Å². The summed E-state index contributed by atoms with van der Waals surface area (Å²) < 4.78 is 0. The van der Waals surface area contributed by atoms with E-state index in [9.17, 15) is 4.79 Å². The van der Waals surface area contributed by atoms with Gasteiger partial charge in [-0.05, 0) is 5.41 Å². The summed E-state index contributed by atoms with van der Waals surface area (Å²) in [5.74, 6) is 3.94. The van der Waals surface area contributed by atoms with E-state index in [1.54, 1.807) is 11.8 Å². The van der Waals surface area contributed by atoms with Gasteiger partial charge in [0.2, 0.25) is 5.91 Å². The fraction of sp³-hybridized carbons (Fsp3) is 0.727. The van der Waals surface area contributed by atoms with Crippen molar-refractivity contribution in [1.29, 1.82) is 0 Å². The Hall–Kier alpha value is -0.660. The lowest BCUT2D eigenvalue weighted by Crippen LogP contribution is -2.49. The van der Waals surface area contributed by atoms with Gasteiger partial charge in [-0.15, -0.1) is 18.2 Å². The summed E-state index contributed by atoms with van der Waals surface area (Å²) in [5.41, 5.74) is 5.59. The minimum Gasteiger partial charge on any atom is -0.354 e. The third-order valence-corrected chi connectivity index (χ3v) is 2.81. The number of thioether (sulfide) groups is 1. The van der Waals surface area contributed by atoms with Crippen LogP contribution in [0, 0.1) is 17.8 Å². The lowest BCUT2D eigenvalue weighted by atomic mass is 9.87. The first-order valence-corrected chi connectivity index (χ1v) is 6.09. The predicted molar refractivity (Wildman–Crippen MR) is 66.6 cm³/mol. The van der Waals surface area contributed by atoms with Gasteiger partial charge in [-0.2, -0.15) is 0 Å². The summed E-state index contributed by atoms with van der Waals surface area (Å²) >= 11 is 1.62. The van der Waals surface area contributed by atoms with Crippen LogP contribution in [0.3, 0.4) is 0 Å². The van der Waals surface area contributed by atoms with Crippen LogP contribution in [0.2, 0.25) is 0 Å². The lowest BCUT2D eigenvalue weighted by molar-refractivity contribution is -0.124. The van der Waals surface area contributed by atoms with Crippen molar-refractivity contribution in [2.24, 2.45) is 11.1 Å². The third kappa shape index (κ3) is 6.43. The van der Waals surface area contributed by atoms with Crippen molar-refractivity contribution in [3.63, 3.8) is 0 Å². The van der Waals surface area contributed by atoms with Gasteiger partial charge in [0.05, 0.1) is 11.8 Å². The zero-order chi connectivity index (χ0) is 11.9. The van der Waals surface area contributed by atoms with Gasteiger partial charge >= 0.3 is 0 Å². The molecule has 0 saturated carbocycles. The van der Waals surface area contributed by atoms with Crippen LogP contribution in [0.4, 0.5) is 0 Å². The van der Waals surface area contributed by atoms with Gasteiger partial charge in [0, 0.05) is 12.3 Å². The van der Waals surface area contributed by atoms with Crippen LogP contribution in [0.5, 0.6) is 0 Å². The molecule has 86 valence electrons. The van der Waals surface area contributed by atoms with Crippen LogP contribution >= 0.6 is 11.8 Å². The Bertz CT molecular complexity index is 240. The molecule has 0 aromatic carbocycles. The van der Waals surface area contributed by atoms with Crippen LogP contribution < -0.4 is 11.1 Å². The number of hydrogen-bond acceptors (Lipinski definition) is 3. The number of nitrogens with one attached hydrogen (secondary N) is 1. The molecule has 0 rings (SSSR count). The van der Waals surface area contributed by atoms with E-state index in [2.05, 4.69) is 11.2 Å². The first kappa shape index (κ1) is 14.3. The molecule has 3 nitrogen and oxygen atoms in total. The maximum Gasteiger partial charge on any atom is 0.237 e. The predicted octanol–water partition coefficient (Wildman–Crippen LogP) is 0.842. The highest BCUT2D eigenvalue weighted by atomic mass is 32.2. The molecule has 0 aromatic heterocycles. The molecule has 0 spiro atoms. The van der Waals surface area contributed by atoms with Crippen LogP contribution in [-0.2, 0) is 4.79 Å². The van der Waals surface area contributed by atoms with Crippen molar-refractivity contribution in [2.75, 3.05) is 18.1 Å². The summed E-state index contributed by atoms with van der Waals surface area (Å²) in [6, 6.07) is -0.463. The molecule has 0 aliphatic rings. The van der Waals surface area contributed by atoms with Gasteiger partial charge in [-0.25, -0.2) is 0 Å². The van der Waals surface area contributed by atoms with Gasteiger partial charge in [-0.3, -0.25) is 4.79 Å². The van der Waals surface area contributed by atoms with E-state index in [0.29, 0.717) is 12.3 Å². The van der Waals surface area contributed by atoms with E-state index >= 15 is 0 Å². The molecule has 1 unspecified atom stereocenters. The van der Waals surface area contributed by atoms with Crippen molar-refractivity contribution in [2.45, 2.75) is 26.8 Å². The van der Waals surface area contributed by atoms with Gasteiger partial charge in [0.1, 0.15) is 0 Å². The number of carbonyl (C=O) groups excluding carboxylic acids is 1. The van der Waals surface area contributed by atoms with E-state index in [1.807, 2.05) is 20.8 Å². The summed E-state index contributed by atoms with van der Waals surface area (Å²) in [6.45, 7) is 6.47. The molecule has 4 heteroatoms. The molecule has 0 fully saturated rings. The van der Waals surface area contributed by atoms with Crippen LogP contribution in [0.1, 0.15) is 20.8 Å². The quantitative estimate of drug-likeness (QED) is 0.541. The molecule has 3 N–H and O–H groups in total. The molecular weight excluding hydrogens is 208 g/mol. The smallest absolute Gasteiger partial charge is 0.237 e. The Morgan fingerprint density at radius 3 is 2.67 bits per heavy atom. The van der Waals surface area contributed by atoms with E-state index < -0.39 is 6.04 Å². The molecule has 0 bridgehead atoms. The number of terminal acetylenes is 1. The number of rotatable bonds is 5. The second kappa shape index (κ2) is 6.76. The zero-order valence-corrected chi connectivity index (χ0v) is 10.5. The molecule has 1 amide bonds. The van der Waals surface area contributed by atoms with E-state index in [1.165, 1.54) is 0 Å².